The quantitative estimate of drug-likeness (QED) is 0.920. The molecule has 1 N–H and O–H groups in total. The molecule has 0 bridgehead atoms. The maximum atomic E-state index is 13.5. The molecule has 1 aliphatic carbocycles. The van der Waals surface area contributed by atoms with Crippen LogP contribution in [0.3, 0.4) is 0 Å². The first kappa shape index (κ1) is 14.5. The number of rotatable bonds is 4. The highest BCUT2D eigenvalue weighted by Gasteiger charge is 2.26. The molecule has 0 unspecified atom stereocenters. The summed E-state index contributed by atoms with van der Waals surface area (Å²) in [6.07, 6.45) is 4.05. The molecule has 0 aromatic heterocycles. The van der Waals surface area contributed by atoms with E-state index in [9.17, 15) is 14.0 Å². The molecular formula is C15H19FN2O2. The molecule has 0 heterocycles. The topological polar surface area (TPSA) is 49.4 Å². The lowest BCUT2D eigenvalue weighted by Gasteiger charge is -2.27. The number of para-hydroxylation sites is 1. The molecule has 0 aliphatic heterocycles. The van der Waals surface area contributed by atoms with Gasteiger partial charge in [0.1, 0.15) is 12.4 Å². The van der Waals surface area contributed by atoms with E-state index in [1.54, 1.807) is 17.0 Å². The van der Waals surface area contributed by atoms with Crippen LogP contribution in [0.4, 0.5) is 10.1 Å². The fourth-order valence-electron chi connectivity index (χ4n) is 2.62. The number of halogens is 1. The van der Waals surface area contributed by atoms with Crippen LogP contribution in [0, 0.1) is 5.82 Å². The summed E-state index contributed by atoms with van der Waals surface area (Å²) < 4.78 is 13.5. The first-order valence-electron chi connectivity index (χ1n) is 6.89. The number of hydrogen-bond acceptors (Lipinski definition) is 2. The Bertz CT molecular complexity index is 498. The average molecular weight is 278 g/mol. The van der Waals surface area contributed by atoms with Crippen LogP contribution < -0.4 is 5.32 Å². The lowest BCUT2D eigenvalue weighted by molar-refractivity contribution is -0.135. The number of hydrogen-bond donors (Lipinski definition) is 1. The Labute approximate surface area is 118 Å². The van der Waals surface area contributed by atoms with Crippen molar-refractivity contribution >= 4 is 17.5 Å². The molecule has 1 fully saturated rings. The van der Waals surface area contributed by atoms with Crippen LogP contribution in [-0.2, 0) is 9.59 Å². The predicted octanol–water partition coefficient (Wildman–Crippen LogP) is 2.56. The van der Waals surface area contributed by atoms with Crippen LogP contribution in [0.25, 0.3) is 0 Å². The standard InChI is InChI=1S/C15H19FN2O2/c1-11(19)18(12-6-2-3-7-12)10-15(20)17-14-9-5-4-8-13(14)16/h4-5,8-9,12H,2-3,6-7,10H2,1H3,(H,17,20). The molecule has 1 aromatic rings. The predicted molar refractivity (Wildman–Crippen MR) is 74.7 cm³/mol. The Kier molecular flexibility index (Phi) is 4.71. The second-order valence-electron chi connectivity index (χ2n) is 5.11. The number of anilines is 1. The minimum atomic E-state index is -0.476. The van der Waals surface area contributed by atoms with Gasteiger partial charge in [0.15, 0.2) is 0 Å². The van der Waals surface area contributed by atoms with E-state index in [-0.39, 0.29) is 30.1 Å². The number of nitrogens with zero attached hydrogens (tertiary/aromatic N) is 1. The van der Waals surface area contributed by atoms with Gasteiger partial charge in [-0.3, -0.25) is 9.59 Å². The average Bonchev–Trinajstić information content (AvgIpc) is 2.92. The second-order valence-corrected chi connectivity index (χ2v) is 5.11. The summed E-state index contributed by atoms with van der Waals surface area (Å²) >= 11 is 0. The molecule has 2 amide bonds. The second kappa shape index (κ2) is 6.50. The SMILES string of the molecule is CC(=O)N(CC(=O)Nc1ccccc1F)C1CCCC1. The molecule has 0 saturated heterocycles. The van der Waals surface area contributed by atoms with Crippen LogP contribution in [0.15, 0.2) is 24.3 Å². The van der Waals surface area contributed by atoms with Gasteiger partial charge >= 0.3 is 0 Å². The third-order valence-electron chi connectivity index (χ3n) is 3.63. The monoisotopic (exact) mass is 278 g/mol. The first-order chi connectivity index (χ1) is 9.58. The Morgan fingerprint density at radius 1 is 1.30 bits per heavy atom. The maximum absolute atomic E-state index is 13.5. The van der Waals surface area contributed by atoms with E-state index in [2.05, 4.69) is 5.32 Å². The van der Waals surface area contributed by atoms with Crippen molar-refractivity contribution in [1.29, 1.82) is 0 Å². The van der Waals surface area contributed by atoms with Crippen molar-refractivity contribution < 1.29 is 14.0 Å². The number of amides is 2. The Morgan fingerprint density at radius 3 is 2.55 bits per heavy atom. The van der Waals surface area contributed by atoms with Crippen molar-refractivity contribution in [3.63, 3.8) is 0 Å². The molecule has 1 aliphatic rings. The van der Waals surface area contributed by atoms with Crippen molar-refractivity contribution in [1.82, 2.24) is 4.90 Å². The highest BCUT2D eigenvalue weighted by molar-refractivity contribution is 5.94. The summed E-state index contributed by atoms with van der Waals surface area (Å²) in [5.74, 6) is -0.950. The molecule has 1 saturated carbocycles. The molecule has 5 heteroatoms. The largest absolute Gasteiger partial charge is 0.331 e. The summed E-state index contributed by atoms with van der Waals surface area (Å²) in [5, 5.41) is 2.51. The third kappa shape index (κ3) is 3.56. The maximum Gasteiger partial charge on any atom is 0.244 e. The Morgan fingerprint density at radius 2 is 1.95 bits per heavy atom. The van der Waals surface area contributed by atoms with Crippen molar-refractivity contribution in [3.05, 3.63) is 30.1 Å². The molecule has 1 aromatic carbocycles. The molecule has 20 heavy (non-hydrogen) atoms. The van der Waals surface area contributed by atoms with Crippen LogP contribution in [0.5, 0.6) is 0 Å². The van der Waals surface area contributed by atoms with Crippen molar-refractivity contribution in [2.45, 2.75) is 38.6 Å². The van der Waals surface area contributed by atoms with Gasteiger partial charge in [-0.25, -0.2) is 4.39 Å². The van der Waals surface area contributed by atoms with Gasteiger partial charge in [0, 0.05) is 13.0 Å². The summed E-state index contributed by atoms with van der Waals surface area (Å²) in [6.45, 7) is 1.45. The molecule has 0 spiro atoms. The number of carbonyl (C=O) groups is 2. The molecule has 0 atom stereocenters. The van der Waals surface area contributed by atoms with Gasteiger partial charge in [0.2, 0.25) is 11.8 Å². The van der Waals surface area contributed by atoms with Gasteiger partial charge in [-0.2, -0.15) is 0 Å². The Hall–Kier alpha value is -1.91. The third-order valence-corrected chi connectivity index (χ3v) is 3.63. The molecule has 108 valence electrons. The zero-order chi connectivity index (χ0) is 14.5. The lowest BCUT2D eigenvalue weighted by Crippen LogP contribution is -2.42. The van der Waals surface area contributed by atoms with E-state index in [1.807, 2.05) is 0 Å². The number of carbonyl (C=O) groups excluding carboxylic acids is 2. The minimum Gasteiger partial charge on any atom is -0.331 e. The van der Waals surface area contributed by atoms with E-state index in [0.717, 1.165) is 25.7 Å². The van der Waals surface area contributed by atoms with Crippen molar-refractivity contribution in [2.75, 3.05) is 11.9 Å². The minimum absolute atomic E-state index is 0.0195. The van der Waals surface area contributed by atoms with Gasteiger partial charge in [0.05, 0.1) is 5.69 Å². The summed E-state index contributed by atoms with van der Waals surface area (Å²) in [4.78, 5) is 25.2. The normalized spacial score (nSPS) is 15.1. The highest BCUT2D eigenvalue weighted by atomic mass is 19.1. The van der Waals surface area contributed by atoms with Gasteiger partial charge in [-0.1, -0.05) is 25.0 Å². The first-order valence-corrected chi connectivity index (χ1v) is 6.89. The van der Waals surface area contributed by atoms with Crippen LogP contribution >= 0.6 is 0 Å². The van der Waals surface area contributed by atoms with Crippen molar-refractivity contribution in [3.8, 4) is 0 Å². The van der Waals surface area contributed by atoms with Gasteiger partial charge < -0.3 is 10.2 Å². The van der Waals surface area contributed by atoms with Gasteiger partial charge in [-0.05, 0) is 25.0 Å². The van der Waals surface area contributed by atoms with Gasteiger partial charge in [-0.15, -0.1) is 0 Å². The van der Waals surface area contributed by atoms with E-state index in [4.69, 9.17) is 0 Å². The smallest absolute Gasteiger partial charge is 0.244 e. The Balaban J connectivity index is 1.98. The van der Waals surface area contributed by atoms with E-state index < -0.39 is 5.82 Å². The summed E-state index contributed by atoms with van der Waals surface area (Å²) in [6, 6.07) is 6.14. The lowest BCUT2D eigenvalue weighted by atomic mass is 10.2. The van der Waals surface area contributed by atoms with Crippen LogP contribution in [0.1, 0.15) is 32.6 Å². The van der Waals surface area contributed by atoms with Crippen molar-refractivity contribution in [2.24, 2.45) is 0 Å². The van der Waals surface area contributed by atoms with E-state index in [0.29, 0.717) is 0 Å². The molecule has 4 nitrogen and oxygen atoms in total. The zero-order valence-electron chi connectivity index (χ0n) is 11.6. The van der Waals surface area contributed by atoms with E-state index >= 15 is 0 Å². The fraction of sp³-hybridized carbons (Fsp3) is 0.467. The summed E-state index contributed by atoms with van der Waals surface area (Å²) in [5.41, 5.74) is 0.146. The van der Waals surface area contributed by atoms with Gasteiger partial charge in [0.25, 0.3) is 0 Å². The molecule has 2 rings (SSSR count). The highest BCUT2D eigenvalue weighted by Crippen LogP contribution is 2.23. The zero-order valence-corrected chi connectivity index (χ0v) is 11.6. The fourth-order valence-corrected chi connectivity index (χ4v) is 2.62. The molecular weight excluding hydrogens is 259 g/mol. The summed E-state index contributed by atoms with van der Waals surface area (Å²) in [7, 11) is 0. The van der Waals surface area contributed by atoms with Crippen LogP contribution in [-0.4, -0.2) is 29.3 Å². The molecule has 0 radical (unpaired) electrons. The number of nitrogens with one attached hydrogen (secondary N) is 1. The van der Waals surface area contributed by atoms with Crippen LogP contribution in [0.2, 0.25) is 0 Å². The number of benzene rings is 1. The van der Waals surface area contributed by atoms with E-state index in [1.165, 1.54) is 19.1 Å².